The molecule has 19 heavy (non-hydrogen) atoms. The molecule has 0 unspecified atom stereocenters. The first kappa shape index (κ1) is 13.8. The average Bonchev–Trinajstić information content (AvgIpc) is 2.45. The Bertz CT molecular complexity index is 664. The van der Waals surface area contributed by atoms with Crippen LogP contribution < -0.4 is 0 Å². The van der Waals surface area contributed by atoms with Gasteiger partial charge in [0.15, 0.2) is 0 Å². The van der Waals surface area contributed by atoms with Gasteiger partial charge in [0, 0.05) is 3.57 Å². The van der Waals surface area contributed by atoms with Crippen LogP contribution in [0.5, 0.6) is 0 Å². The van der Waals surface area contributed by atoms with Gasteiger partial charge in [0.2, 0.25) is 0 Å². The van der Waals surface area contributed by atoms with E-state index in [2.05, 4.69) is 27.3 Å². The minimum absolute atomic E-state index is 0.378. The molecule has 2 aromatic carbocycles. The highest BCUT2D eigenvalue weighted by molar-refractivity contribution is 14.1. The molecule has 0 atom stereocenters. The van der Waals surface area contributed by atoms with Crippen LogP contribution in [0.4, 0.5) is 0 Å². The number of carbonyl (C=O) groups is 2. The summed E-state index contributed by atoms with van der Waals surface area (Å²) in [5.41, 5.74) is 0.976. The lowest BCUT2D eigenvalue weighted by Gasteiger charge is -2.07. The number of halogens is 1. The predicted octanol–water partition coefficient (Wildman–Crippen LogP) is 3.02. The summed E-state index contributed by atoms with van der Waals surface area (Å²) >= 11 is 2.13. The van der Waals surface area contributed by atoms with Gasteiger partial charge in [0.1, 0.15) is 0 Å². The fourth-order valence-corrected chi connectivity index (χ4v) is 2.60. The summed E-state index contributed by atoms with van der Waals surface area (Å²) in [6.45, 7) is 0. The lowest BCUT2D eigenvalue weighted by Crippen LogP contribution is -2.03. The van der Waals surface area contributed by atoms with E-state index in [1.807, 2.05) is 0 Å². The lowest BCUT2D eigenvalue weighted by atomic mass is 10.0. The van der Waals surface area contributed by atoms with Crippen molar-refractivity contribution in [2.75, 3.05) is 14.2 Å². The molecule has 0 saturated heterocycles. The van der Waals surface area contributed by atoms with Crippen molar-refractivity contribution in [3.63, 3.8) is 0 Å². The molecule has 0 aromatic heterocycles. The molecule has 2 rings (SSSR count). The van der Waals surface area contributed by atoms with Crippen molar-refractivity contribution in [3.8, 4) is 0 Å². The first-order valence-electron chi connectivity index (χ1n) is 5.46. The van der Waals surface area contributed by atoms with E-state index in [1.165, 1.54) is 14.2 Å². The number of esters is 2. The number of hydrogen-bond acceptors (Lipinski definition) is 4. The van der Waals surface area contributed by atoms with E-state index >= 15 is 0 Å². The Morgan fingerprint density at radius 1 is 0.947 bits per heavy atom. The van der Waals surface area contributed by atoms with E-state index in [4.69, 9.17) is 4.74 Å². The number of ether oxygens (including phenoxy) is 2. The number of fused-ring (bicyclic) bond motifs is 1. The first-order chi connectivity index (χ1) is 9.06. The second-order valence-corrected chi connectivity index (χ2v) is 5.04. The van der Waals surface area contributed by atoms with Crippen LogP contribution in [0.15, 0.2) is 30.3 Å². The van der Waals surface area contributed by atoms with Gasteiger partial charge in [-0.1, -0.05) is 6.07 Å². The Kier molecular flexibility index (Phi) is 4.04. The highest BCUT2D eigenvalue weighted by Crippen LogP contribution is 2.24. The molecule has 0 heterocycles. The Hall–Kier alpha value is -1.63. The Balaban J connectivity index is 2.60. The molecule has 0 fully saturated rings. The van der Waals surface area contributed by atoms with Crippen molar-refractivity contribution in [2.45, 2.75) is 0 Å². The van der Waals surface area contributed by atoms with Gasteiger partial charge >= 0.3 is 11.9 Å². The SMILES string of the molecule is COC(=O)c1cc(I)c2cc(C(=O)OC)ccc2c1. The molecule has 0 saturated carbocycles. The van der Waals surface area contributed by atoms with E-state index in [0.717, 1.165) is 14.3 Å². The Morgan fingerprint density at radius 2 is 1.58 bits per heavy atom. The van der Waals surface area contributed by atoms with Gasteiger partial charge in [0.25, 0.3) is 0 Å². The summed E-state index contributed by atoms with van der Waals surface area (Å²) in [6, 6.07) is 8.69. The van der Waals surface area contributed by atoms with Crippen molar-refractivity contribution in [2.24, 2.45) is 0 Å². The third-order valence-corrected chi connectivity index (χ3v) is 3.64. The number of hydrogen-bond donors (Lipinski definition) is 0. The molecular formula is C14H11IO4. The van der Waals surface area contributed by atoms with Crippen LogP contribution in [-0.4, -0.2) is 26.2 Å². The van der Waals surface area contributed by atoms with Gasteiger partial charge < -0.3 is 9.47 Å². The molecule has 0 spiro atoms. The van der Waals surface area contributed by atoms with Gasteiger partial charge in [-0.3, -0.25) is 0 Å². The highest BCUT2D eigenvalue weighted by Gasteiger charge is 2.12. The summed E-state index contributed by atoms with van der Waals surface area (Å²) in [5.74, 6) is -0.758. The van der Waals surface area contributed by atoms with Gasteiger partial charge in [-0.15, -0.1) is 0 Å². The summed E-state index contributed by atoms with van der Waals surface area (Å²) < 4.78 is 10.3. The fourth-order valence-electron chi connectivity index (χ4n) is 1.79. The Morgan fingerprint density at radius 3 is 2.21 bits per heavy atom. The molecule has 0 aliphatic rings. The van der Waals surface area contributed by atoms with Crippen molar-refractivity contribution in [3.05, 3.63) is 45.0 Å². The van der Waals surface area contributed by atoms with Crippen LogP contribution >= 0.6 is 22.6 Å². The van der Waals surface area contributed by atoms with Crippen LogP contribution in [0, 0.1) is 3.57 Å². The van der Waals surface area contributed by atoms with E-state index in [9.17, 15) is 9.59 Å². The maximum atomic E-state index is 11.5. The number of benzene rings is 2. The minimum atomic E-state index is -0.380. The van der Waals surface area contributed by atoms with Crippen LogP contribution in [0.1, 0.15) is 20.7 Å². The summed E-state index contributed by atoms with van der Waals surface area (Å²) in [5, 5.41) is 1.77. The molecule has 2 aromatic rings. The third-order valence-electron chi connectivity index (χ3n) is 2.75. The molecule has 0 aliphatic carbocycles. The highest BCUT2D eigenvalue weighted by atomic mass is 127. The van der Waals surface area contributed by atoms with E-state index < -0.39 is 0 Å². The van der Waals surface area contributed by atoms with Gasteiger partial charge in [0.05, 0.1) is 25.3 Å². The third kappa shape index (κ3) is 2.70. The molecular weight excluding hydrogens is 359 g/mol. The molecule has 0 N–H and O–H groups in total. The summed E-state index contributed by atoms with van der Waals surface area (Å²) in [4.78, 5) is 23.0. The average molecular weight is 370 g/mol. The summed E-state index contributed by atoms with van der Waals surface area (Å²) in [7, 11) is 2.69. The summed E-state index contributed by atoms with van der Waals surface area (Å²) in [6.07, 6.45) is 0. The normalized spacial score (nSPS) is 10.3. The van der Waals surface area contributed by atoms with Crippen LogP contribution in [0.2, 0.25) is 0 Å². The second-order valence-electron chi connectivity index (χ2n) is 3.88. The van der Waals surface area contributed by atoms with E-state index in [-0.39, 0.29) is 11.9 Å². The number of carbonyl (C=O) groups excluding carboxylic acids is 2. The maximum absolute atomic E-state index is 11.5. The van der Waals surface area contributed by atoms with Crippen LogP contribution in [0.25, 0.3) is 10.8 Å². The number of methoxy groups -OCH3 is 2. The van der Waals surface area contributed by atoms with Crippen molar-refractivity contribution in [1.82, 2.24) is 0 Å². The van der Waals surface area contributed by atoms with Gasteiger partial charge in [-0.25, -0.2) is 9.59 Å². The standard InChI is InChI=1S/C14H11IO4/c1-18-13(16)9-4-3-8-5-10(14(17)19-2)7-12(15)11(8)6-9/h3-7H,1-2H3. The lowest BCUT2D eigenvalue weighted by molar-refractivity contribution is 0.0591. The van der Waals surface area contributed by atoms with Crippen LogP contribution in [0.3, 0.4) is 0 Å². The molecule has 0 radical (unpaired) electrons. The molecule has 0 bridgehead atoms. The van der Waals surface area contributed by atoms with Crippen molar-refractivity contribution < 1.29 is 19.1 Å². The molecule has 98 valence electrons. The smallest absolute Gasteiger partial charge is 0.337 e. The first-order valence-corrected chi connectivity index (χ1v) is 6.54. The minimum Gasteiger partial charge on any atom is -0.465 e. The quantitative estimate of drug-likeness (QED) is 0.603. The molecule has 4 nitrogen and oxygen atoms in total. The molecule has 5 heteroatoms. The molecule has 0 amide bonds. The van der Waals surface area contributed by atoms with Crippen LogP contribution in [-0.2, 0) is 9.47 Å². The zero-order chi connectivity index (χ0) is 14.0. The second kappa shape index (κ2) is 5.56. The fraction of sp³-hybridized carbons (Fsp3) is 0.143. The largest absolute Gasteiger partial charge is 0.465 e. The Labute approximate surface area is 123 Å². The molecule has 0 aliphatic heterocycles. The van der Waals surface area contributed by atoms with Crippen molar-refractivity contribution in [1.29, 1.82) is 0 Å². The monoisotopic (exact) mass is 370 g/mol. The zero-order valence-corrected chi connectivity index (χ0v) is 12.6. The zero-order valence-electron chi connectivity index (χ0n) is 10.4. The maximum Gasteiger partial charge on any atom is 0.337 e. The predicted molar refractivity (Wildman–Crippen MR) is 79.3 cm³/mol. The van der Waals surface area contributed by atoms with Crippen molar-refractivity contribution >= 4 is 45.3 Å². The van der Waals surface area contributed by atoms with E-state index in [1.54, 1.807) is 30.3 Å². The topological polar surface area (TPSA) is 52.6 Å². The number of rotatable bonds is 2. The van der Waals surface area contributed by atoms with E-state index in [0.29, 0.717) is 11.1 Å². The van der Waals surface area contributed by atoms with Gasteiger partial charge in [-0.2, -0.15) is 0 Å². The van der Waals surface area contributed by atoms with Gasteiger partial charge in [-0.05, 0) is 57.6 Å².